The molecule has 3 unspecified atom stereocenters. The molecule has 11 heteroatoms. The predicted octanol–water partition coefficient (Wildman–Crippen LogP) is 3.70. The lowest BCUT2D eigenvalue weighted by molar-refractivity contribution is -0.155. The van der Waals surface area contributed by atoms with Crippen LogP contribution in [0.15, 0.2) is 64.1 Å². The van der Waals surface area contributed by atoms with Gasteiger partial charge in [0, 0.05) is 50.2 Å². The average Bonchev–Trinajstić information content (AvgIpc) is 2.98. The Morgan fingerprint density at radius 2 is 2.03 bits per heavy atom. The van der Waals surface area contributed by atoms with Gasteiger partial charge in [0.1, 0.15) is 28.0 Å². The van der Waals surface area contributed by atoms with Gasteiger partial charge in [-0.25, -0.2) is 17.9 Å². The van der Waals surface area contributed by atoms with Crippen molar-refractivity contribution >= 4 is 40.4 Å². The number of carbonyl (C=O) groups excluding carboxylic acids is 1. The second-order valence-electron chi connectivity index (χ2n) is 9.78. The summed E-state index contributed by atoms with van der Waals surface area (Å²) in [5.41, 5.74) is 1.03. The molecule has 1 aromatic heterocycles. The number of morpholine rings is 1. The molecule has 0 spiro atoms. The summed E-state index contributed by atoms with van der Waals surface area (Å²) in [5, 5.41) is 8.10. The topological polar surface area (TPSA) is 108 Å². The number of nitrogens with one attached hydrogen (secondary N) is 1. The van der Waals surface area contributed by atoms with Crippen molar-refractivity contribution in [3.63, 3.8) is 0 Å². The Morgan fingerprint density at radius 3 is 2.69 bits per heavy atom. The minimum absolute atomic E-state index is 0.198. The Kier molecular flexibility index (Phi) is 8.29. The molecular weight excluding hydrogens is 521 g/mol. The van der Waals surface area contributed by atoms with E-state index in [0.717, 1.165) is 24.5 Å². The highest BCUT2D eigenvalue weighted by Crippen LogP contribution is 2.46. The van der Waals surface area contributed by atoms with Crippen molar-refractivity contribution in [2.45, 2.75) is 24.7 Å². The fourth-order valence-electron chi connectivity index (χ4n) is 5.36. The number of benzene rings is 1. The molecule has 1 aromatic carbocycles. The van der Waals surface area contributed by atoms with Crippen LogP contribution in [0.3, 0.4) is 0 Å². The standard InChI is InChI=1S/C28H32FN5O4S/c1-2-38-27(35)28-16-20(17-30)25(32-23-5-3-22(29)4-6-23)15-21(28)9-10-34(19-28)39(36)24-7-8-26(31-18-24)33-11-13-37-14-12-33/h3-8,15,17-18,20,30H,2,9-14,16,19H2,1H3. The van der Waals surface area contributed by atoms with E-state index in [9.17, 15) is 13.4 Å². The molecular formula is C28H32FN5O4S. The molecule has 206 valence electrons. The number of allylic oxidation sites excluding steroid dienone is 1. The van der Waals surface area contributed by atoms with E-state index >= 15 is 0 Å². The summed E-state index contributed by atoms with van der Waals surface area (Å²) in [6, 6.07) is 9.55. The highest BCUT2D eigenvalue weighted by atomic mass is 32.2. The van der Waals surface area contributed by atoms with Crippen molar-refractivity contribution in [3.8, 4) is 0 Å². The second kappa shape index (κ2) is 11.8. The van der Waals surface area contributed by atoms with E-state index in [-0.39, 0.29) is 31.4 Å². The van der Waals surface area contributed by atoms with Crippen molar-refractivity contribution in [1.29, 1.82) is 5.41 Å². The number of aliphatic imine (C=N–C) groups is 1. The van der Waals surface area contributed by atoms with Gasteiger partial charge >= 0.3 is 5.97 Å². The summed E-state index contributed by atoms with van der Waals surface area (Å²) < 4.78 is 39.8. The monoisotopic (exact) mass is 553 g/mol. The summed E-state index contributed by atoms with van der Waals surface area (Å²) in [6.07, 6.45) is 5.57. The number of carbonyl (C=O) groups is 1. The Labute approximate surface area is 229 Å². The minimum atomic E-state index is -1.53. The molecule has 1 N–H and O–H groups in total. The molecule has 2 aliphatic heterocycles. The van der Waals surface area contributed by atoms with Crippen LogP contribution in [0.1, 0.15) is 19.8 Å². The SMILES string of the molecule is CCOC(=O)C12CC(C=N)C(=Nc3ccc(F)cc3)C=C1CCN(S(=O)c1ccc(N3CCOCC3)nc1)C2. The number of esters is 1. The third-order valence-corrected chi connectivity index (χ3v) is 8.83. The number of aromatic nitrogens is 1. The number of anilines is 1. The van der Waals surface area contributed by atoms with Gasteiger partial charge in [0.2, 0.25) is 0 Å². The van der Waals surface area contributed by atoms with Gasteiger partial charge in [0.25, 0.3) is 0 Å². The van der Waals surface area contributed by atoms with Crippen molar-refractivity contribution < 1.29 is 22.9 Å². The minimum Gasteiger partial charge on any atom is -0.465 e. The largest absolute Gasteiger partial charge is 0.465 e. The van der Waals surface area contributed by atoms with E-state index in [1.165, 1.54) is 18.3 Å². The molecule has 39 heavy (non-hydrogen) atoms. The first kappa shape index (κ1) is 27.3. The quantitative estimate of drug-likeness (QED) is 0.414. The molecule has 3 aliphatic rings. The van der Waals surface area contributed by atoms with Crippen LogP contribution in [0.4, 0.5) is 15.9 Å². The van der Waals surface area contributed by atoms with Crippen molar-refractivity contribution in [1.82, 2.24) is 9.29 Å². The summed E-state index contributed by atoms with van der Waals surface area (Å²) in [5.74, 6) is -0.366. The lowest BCUT2D eigenvalue weighted by atomic mass is 9.65. The molecule has 3 heterocycles. The Balaban J connectivity index is 1.42. The molecule has 0 saturated carbocycles. The number of pyridine rings is 1. The van der Waals surface area contributed by atoms with E-state index in [1.54, 1.807) is 29.6 Å². The second-order valence-corrected chi connectivity index (χ2v) is 11.3. The van der Waals surface area contributed by atoms with Gasteiger partial charge in [-0.2, -0.15) is 0 Å². The lowest BCUT2D eigenvalue weighted by Gasteiger charge is -2.45. The number of fused-ring (bicyclic) bond motifs is 1. The fourth-order valence-corrected chi connectivity index (χ4v) is 6.58. The average molecular weight is 554 g/mol. The van der Waals surface area contributed by atoms with Gasteiger partial charge in [0.15, 0.2) is 0 Å². The summed E-state index contributed by atoms with van der Waals surface area (Å²) in [6.45, 7) is 5.49. The number of rotatable bonds is 7. The van der Waals surface area contributed by atoms with Gasteiger partial charge in [0.05, 0.1) is 30.4 Å². The molecule has 9 nitrogen and oxygen atoms in total. The number of hydrogen-bond donors (Lipinski definition) is 1. The summed E-state index contributed by atoms with van der Waals surface area (Å²) in [4.78, 5) is 25.4. The molecule has 2 saturated heterocycles. The maximum absolute atomic E-state index is 13.7. The first-order valence-corrected chi connectivity index (χ1v) is 14.2. The van der Waals surface area contributed by atoms with Crippen LogP contribution in [0.5, 0.6) is 0 Å². The first-order valence-electron chi connectivity index (χ1n) is 13.1. The summed E-state index contributed by atoms with van der Waals surface area (Å²) >= 11 is 0. The van der Waals surface area contributed by atoms with Crippen LogP contribution in [0.2, 0.25) is 0 Å². The highest BCUT2D eigenvalue weighted by molar-refractivity contribution is 7.82. The fraction of sp³-hybridized carbons (Fsp3) is 0.429. The van der Waals surface area contributed by atoms with E-state index < -0.39 is 22.3 Å². The van der Waals surface area contributed by atoms with Crippen LogP contribution < -0.4 is 4.90 Å². The summed E-state index contributed by atoms with van der Waals surface area (Å²) in [7, 11) is -1.53. The van der Waals surface area contributed by atoms with Crippen LogP contribution in [0.25, 0.3) is 0 Å². The lowest BCUT2D eigenvalue weighted by Crippen LogP contribution is -2.53. The van der Waals surface area contributed by atoms with Crippen LogP contribution in [-0.2, 0) is 25.3 Å². The number of nitrogens with zero attached hydrogens (tertiary/aromatic N) is 4. The van der Waals surface area contributed by atoms with E-state index in [0.29, 0.717) is 42.5 Å². The molecule has 2 fully saturated rings. The first-order chi connectivity index (χ1) is 18.9. The molecule has 1 aliphatic carbocycles. The smallest absolute Gasteiger partial charge is 0.317 e. The number of hydrogen-bond acceptors (Lipinski definition) is 8. The zero-order chi connectivity index (χ0) is 27.4. The Hall–Kier alpha value is -3.28. The van der Waals surface area contributed by atoms with E-state index in [1.807, 2.05) is 18.2 Å². The van der Waals surface area contributed by atoms with E-state index in [2.05, 4.69) is 14.9 Å². The molecule has 3 atom stereocenters. The Morgan fingerprint density at radius 1 is 1.26 bits per heavy atom. The van der Waals surface area contributed by atoms with Gasteiger partial charge in [-0.1, -0.05) is 0 Å². The third kappa shape index (κ3) is 5.70. The zero-order valence-corrected chi connectivity index (χ0v) is 22.7. The van der Waals surface area contributed by atoms with Gasteiger partial charge in [-0.05, 0) is 67.8 Å². The van der Waals surface area contributed by atoms with Crippen LogP contribution >= 0.6 is 0 Å². The maximum Gasteiger partial charge on any atom is 0.317 e. The van der Waals surface area contributed by atoms with Gasteiger partial charge in [-0.3, -0.25) is 9.79 Å². The van der Waals surface area contributed by atoms with E-state index in [4.69, 9.17) is 14.9 Å². The van der Waals surface area contributed by atoms with Gasteiger partial charge in [-0.15, -0.1) is 0 Å². The number of ether oxygens (including phenoxy) is 2. The highest BCUT2D eigenvalue weighted by Gasteiger charge is 2.52. The van der Waals surface area contributed by atoms with Crippen molar-refractivity contribution in [2.75, 3.05) is 50.9 Å². The zero-order valence-electron chi connectivity index (χ0n) is 21.8. The molecule has 5 rings (SSSR count). The molecule has 2 aromatic rings. The normalized spacial score (nSPS) is 25.5. The molecule has 0 amide bonds. The maximum atomic E-state index is 13.7. The van der Waals surface area contributed by atoms with Crippen molar-refractivity contribution in [2.24, 2.45) is 16.3 Å². The molecule has 0 radical (unpaired) electrons. The number of halogens is 1. The Bertz CT molecular complexity index is 1290. The van der Waals surface area contributed by atoms with Crippen molar-refractivity contribution in [3.05, 3.63) is 60.1 Å². The van der Waals surface area contributed by atoms with Gasteiger partial charge < -0.3 is 19.8 Å². The number of piperidine rings is 1. The van der Waals surface area contributed by atoms with Crippen LogP contribution in [-0.4, -0.2) is 77.4 Å². The third-order valence-electron chi connectivity index (χ3n) is 7.41. The molecule has 0 bridgehead atoms. The van der Waals surface area contributed by atoms with Crippen LogP contribution in [0, 0.1) is 22.6 Å². The predicted molar refractivity (Wildman–Crippen MR) is 147 cm³/mol.